The van der Waals surface area contributed by atoms with Gasteiger partial charge < -0.3 is 25.4 Å². The Kier molecular flexibility index (Phi) is 7.61. The van der Waals surface area contributed by atoms with Gasteiger partial charge in [0.1, 0.15) is 11.8 Å². The maximum Gasteiger partial charge on any atom is 0.320 e. The summed E-state index contributed by atoms with van der Waals surface area (Å²) in [6.07, 6.45) is 4.15. The van der Waals surface area contributed by atoms with Crippen molar-refractivity contribution in [3.8, 4) is 6.01 Å². The first-order valence-electron chi connectivity index (χ1n) is 11.7. The van der Waals surface area contributed by atoms with Gasteiger partial charge in [-0.1, -0.05) is 37.6 Å². The third kappa shape index (κ3) is 5.91. The quantitative estimate of drug-likeness (QED) is 0.565. The Hall–Kier alpha value is -2.91. The Labute approximate surface area is 195 Å². The van der Waals surface area contributed by atoms with Crippen molar-refractivity contribution >= 4 is 23.2 Å². The molecule has 1 saturated heterocycles. The number of rotatable bonds is 10. The van der Waals surface area contributed by atoms with Gasteiger partial charge in [-0.2, -0.15) is 9.97 Å². The van der Waals surface area contributed by atoms with Gasteiger partial charge in [0.25, 0.3) is 0 Å². The van der Waals surface area contributed by atoms with Crippen molar-refractivity contribution < 1.29 is 14.3 Å². The van der Waals surface area contributed by atoms with Crippen LogP contribution in [0.3, 0.4) is 0 Å². The van der Waals surface area contributed by atoms with E-state index in [-0.39, 0.29) is 30.4 Å². The standard InChI is InChI=1S/C24H34N6O3/c1-3-7-19(16-32-2)33-24-27-22(25)21-23(28-24)30(15-20(31)26-21)14-18-9-6-8-17(12-18)13-29-10-4-5-11-29/h6,8-9,12,19H,3-5,7,10-11,13-16H2,1-2H3,(H,26,31)(H2,25,27,28). The van der Waals surface area contributed by atoms with E-state index in [9.17, 15) is 4.79 Å². The third-order valence-corrected chi connectivity index (χ3v) is 6.00. The van der Waals surface area contributed by atoms with Gasteiger partial charge in [0, 0.05) is 20.2 Å². The Bertz CT molecular complexity index is 957. The average Bonchev–Trinajstić information content (AvgIpc) is 3.28. The van der Waals surface area contributed by atoms with E-state index in [0.29, 0.717) is 24.7 Å². The first kappa shape index (κ1) is 23.3. The van der Waals surface area contributed by atoms with Gasteiger partial charge in [0.15, 0.2) is 11.6 Å². The molecule has 3 heterocycles. The van der Waals surface area contributed by atoms with Gasteiger partial charge in [0.2, 0.25) is 5.91 Å². The topological polar surface area (TPSA) is 106 Å². The van der Waals surface area contributed by atoms with Crippen LogP contribution >= 0.6 is 0 Å². The Morgan fingerprint density at radius 2 is 1.94 bits per heavy atom. The van der Waals surface area contributed by atoms with Gasteiger partial charge >= 0.3 is 6.01 Å². The van der Waals surface area contributed by atoms with E-state index in [2.05, 4.69) is 51.4 Å². The molecule has 1 amide bonds. The molecule has 33 heavy (non-hydrogen) atoms. The molecule has 0 aliphatic carbocycles. The van der Waals surface area contributed by atoms with Crippen LogP contribution in [0.25, 0.3) is 0 Å². The number of fused-ring (bicyclic) bond motifs is 1. The number of benzene rings is 1. The molecule has 3 N–H and O–H groups in total. The van der Waals surface area contributed by atoms with Crippen molar-refractivity contribution in [2.24, 2.45) is 0 Å². The predicted molar refractivity (Wildman–Crippen MR) is 128 cm³/mol. The third-order valence-electron chi connectivity index (χ3n) is 6.00. The first-order chi connectivity index (χ1) is 16.1. The van der Waals surface area contributed by atoms with Gasteiger partial charge in [-0.25, -0.2) is 0 Å². The largest absolute Gasteiger partial charge is 0.458 e. The van der Waals surface area contributed by atoms with Crippen LogP contribution in [0.4, 0.5) is 17.3 Å². The summed E-state index contributed by atoms with van der Waals surface area (Å²) in [6, 6.07) is 8.73. The highest BCUT2D eigenvalue weighted by Gasteiger charge is 2.28. The highest BCUT2D eigenvalue weighted by atomic mass is 16.5. The summed E-state index contributed by atoms with van der Waals surface area (Å²) in [7, 11) is 1.64. The molecule has 1 aromatic heterocycles. The summed E-state index contributed by atoms with van der Waals surface area (Å²) in [6.45, 7) is 6.53. The average molecular weight is 455 g/mol. The summed E-state index contributed by atoms with van der Waals surface area (Å²) in [5.41, 5.74) is 9.03. The molecule has 178 valence electrons. The molecule has 0 spiro atoms. The Morgan fingerprint density at radius 1 is 1.18 bits per heavy atom. The zero-order valence-electron chi connectivity index (χ0n) is 19.5. The Morgan fingerprint density at radius 3 is 2.67 bits per heavy atom. The summed E-state index contributed by atoms with van der Waals surface area (Å²) in [5.74, 6) is 0.640. The van der Waals surface area contributed by atoms with Crippen molar-refractivity contribution in [2.75, 3.05) is 49.3 Å². The van der Waals surface area contributed by atoms with Crippen LogP contribution in [0.15, 0.2) is 24.3 Å². The minimum absolute atomic E-state index is 0.136. The number of carbonyl (C=O) groups is 1. The summed E-state index contributed by atoms with van der Waals surface area (Å²) in [5, 5.41) is 2.82. The number of amides is 1. The second-order valence-corrected chi connectivity index (χ2v) is 8.78. The maximum atomic E-state index is 12.4. The minimum Gasteiger partial charge on any atom is -0.458 e. The van der Waals surface area contributed by atoms with Crippen LogP contribution in [0.2, 0.25) is 0 Å². The van der Waals surface area contributed by atoms with Crippen LogP contribution in [-0.4, -0.2) is 60.2 Å². The van der Waals surface area contributed by atoms with Crippen molar-refractivity contribution in [3.05, 3.63) is 35.4 Å². The molecular formula is C24H34N6O3. The second-order valence-electron chi connectivity index (χ2n) is 8.78. The molecule has 0 saturated carbocycles. The summed E-state index contributed by atoms with van der Waals surface area (Å²) in [4.78, 5) is 25.7. The molecule has 2 aliphatic heterocycles. The van der Waals surface area contributed by atoms with E-state index >= 15 is 0 Å². The number of hydrogen-bond donors (Lipinski definition) is 2. The van der Waals surface area contributed by atoms with Crippen LogP contribution in [0.5, 0.6) is 6.01 Å². The molecule has 0 bridgehead atoms. The maximum absolute atomic E-state index is 12.4. The fourth-order valence-electron chi connectivity index (χ4n) is 4.48. The van der Waals surface area contributed by atoms with Crippen LogP contribution in [-0.2, 0) is 22.6 Å². The molecule has 2 aliphatic rings. The SMILES string of the molecule is CCCC(COC)Oc1nc(N)c2c(n1)N(Cc1cccc(CN3CCCC3)c1)CC(=O)N2. The number of anilines is 3. The number of hydrogen-bond acceptors (Lipinski definition) is 8. The van der Waals surface area contributed by atoms with Crippen LogP contribution in [0.1, 0.15) is 43.7 Å². The molecule has 2 aromatic rings. The lowest BCUT2D eigenvalue weighted by Crippen LogP contribution is -2.39. The number of likely N-dealkylation sites (tertiary alicyclic amines) is 1. The van der Waals surface area contributed by atoms with E-state index in [0.717, 1.165) is 38.0 Å². The van der Waals surface area contributed by atoms with Crippen molar-refractivity contribution in [2.45, 2.75) is 51.8 Å². The molecule has 9 heteroatoms. The lowest BCUT2D eigenvalue weighted by Gasteiger charge is -2.30. The van der Waals surface area contributed by atoms with E-state index in [1.165, 1.54) is 18.4 Å². The zero-order valence-corrected chi connectivity index (χ0v) is 19.5. The Balaban J connectivity index is 1.55. The monoisotopic (exact) mass is 454 g/mol. The summed E-state index contributed by atoms with van der Waals surface area (Å²) >= 11 is 0. The lowest BCUT2D eigenvalue weighted by molar-refractivity contribution is -0.115. The van der Waals surface area contributed by atoms with Crippen LogP contribution in [0, 0.1) is 0 Å². The second kappa shape index (κ2) is 10.8. The molecule has 1 aromatic carbocycles. The number of nitrogens with two attached hydrogens (primary N) is 1. The molecule has 1 fully saturated rings. The number of nitrogens with one attached hydrogen (secondary N) is 1. The number of methoxy groups -OCH3 is 1. The van der Waals surface area contributed by atoms with E-state index in [1.807, 2.05) is 4.90 Å². The lowest BCUT2D eigenvalue weighted by atomic mass is 10.1. The van der Waals surface area contributed by atoms with Gasteiger partial charge in [0.05, 0.1) is 13.2 Å². The normalized spacial score (nSPS) is 17.0. The van der Waals surface area contributed by atoms with Gasteiger partial charge in [-0.05, 0) is 43.5 Å². The minimum atomic E-state index is -0.161. The first-order valence-corrected chi connectivity index (χ1v) is 11.7. The van der Waals surface area contributed by atoms with E-state index < -0.39 is 0 Å². The fourth-order valence-corrected chi connectivity index (χ4v) is 4.48. The zero-order chi connectivity index (χ0) is 23.2. The number of aromatic nitrogens is 2. The summed E-state index contributed by atoms with van der Waals surface area (Å²) < 4.78 is 11.3. The van der Waals surface area contributed by atoms with Crippen molar-refractivity contribution in [1.29, 1.82) is 0 Å². The highest BCUT2D eigenvalue weighted by molar-refractivity contribution is 6.03. The molecule has 4 rings (SSSR count). The number of nitrogen functional groups attached to an aromatic ring is 1. The van der Waals surface area contributed by atoms with Gasteiger partial charge in [-0.3, -0.25) is 9.69 Å². The van der Waals surface area contributed by atoms with E-state index in [4.69, 9.17) is 15.2 Å². The van der Waals surface area contributed by atoms with Crippen molar-refractivity contribution in [1.82, 2.24) is 14.9 Å². The van der Waals surface area contributed by atoms with Crippen molar-refractivity contribution in [3.63, 3.8) is 0 Å². The molecule has 1 atom stereocenters. The fraction of sp³-hybridized carbons (Fsp3) is 0.542. The smallest absolute Gasteiger partial charge is 0.320 e. The number of ether oxygens (including phenoxy) is 2. The van der Waals surface area contributed by atoms with Gasteiger partial charge in [-0.15, -0.1) is 0 Å². The molecule has 1 unspecified atom stereocenters. The molecule has 9 nitrogen and oxygen atoms in total. The molecule has 0 radical (unpaired) electrons. The predicted octanol–water partition coefficient (Wildman–Crippen LogP) is 2.81. The number of nitrogens with zero attached hydrogens (tertiary/aromatic N) is 4. The number of carbonyl (C=O) groups excluding carboxylic acids is 1. The molecular weight excluding hydrogens is 420 g/mol. The van der Waals surface area contributed by atoms with E-state index in [1.54, 1.807) is 7.11 Å². The van der Waals surface area contributed by atoms with Crippen LogP contribution < -0.4 is 20.7 Å². The highest BCUT2D eigenvalue weighted by Crippen LogP contribution is 2.34.